The monoisotopic (exact) mass is 1770 g/mol. The lowest BCUT2D eigenvalue weighted by Gasteiger charge is -2.54. The molecular formula is C86H102ClN11O26S. The predicted molar refractivity (Wildman–Crippen MR) is 440 cm³/mol. The van der Waals surface area contributed by atoms with Crippen LogP contribution < -0.4 is 77.3 Å². The van der Waals surface area contributed by atoms with Gasteiger partial charge >= 0.3 is 0 Å². The minimum absolute atomic E-state index is 0.0701. The van der Waals surface area contributed by atoms with Gasteiger partial charge in [-0.1, -0.05) is 55.8 Å². The number of nitrogens with one attached hydrogen (secondary N) is 10. The van der Waals surface area contributed by atoms with E-state index in [1.807, 2.05) is 18.6 Å². The van der Waals surface area contributed by atoms with Gasteiger partial charge in [-0.15, -0.1) is 0 Å². The van der Waals surface area contributed by atoms with Crippen molar-refractivity contribution < 1.29 is 126 Å². The number of likely N-dealkylation sites (N-methyl/N-ethyl adjacent to an activating group) is 2. The zero-order chi connectivity index (χ0) is 89.3. The second-order valence-corrected chi connectivity index (χ2v) is 36.5. The number of halogens is 1. The fraction of sp³-hybridized carbons (Fsp3) is 0.488. The number of nitrogens with two attached hydrogens (primary N) is 1. The summed E-state index contributed by atoms with van der Waals surface area (Å²) in [5.74, 6) is -15.0. The van der Waals surface area contributed by atoms with Gasteiger partial charge in [-0.05, 0) is 214 Å². The van der Waals surface area contributed by atoms with Crippen molar-refractivity contribution in [3.8, 4) is 51.4 Å². The molecule has 21 N–H and O–H groups in total. The number of hydrogen-bond donors (Lipinski definition) is 20. The molecule has 0 spiro atoms. The van der Waals surface area contributed by atoms with Crippen LogP contribution in [0.1, 0.15) is 148 Å². The third-order valence-corrected chi connectivity index (χ3v) is 26.7. The Morgan fingerprint density at radius 1 is 0.696 bits per heavy atom. The number of rotatable bonds is 20. The number of aliphatic hydroxyl groups excluding tert-OH is 6. The van der Waals surface area contributed by atoms with Gasteiger partial charge in [0.15, 0.2) is 23.9 Å². The minimum Gasteiger partial charge on any atom is -0.508 e. The fourth-order valence-electron chi connectivity index (χ4n) is 18.9. The molecule has 12 aliphatic rings. The first-order chi connectivity index (χ1) is 59.4. The normalized spacial score (nSPS) is 31.2. The summed E-state index contributed by atoms with van der Waals surface area (Å²) in [6.07, 6.45) is -14.6. The van der Waals surface area contributed by atoms with Crippen LogP contribution >= 0.6 is 11.6 Å². The first kappa shape index (κ1) is 89.6. The zero-order valence-corrected chi connectivity index (χ0v) is 70.4. The first-order valence-electron chi connectivity index (χ1n) is 41.5. The van der Waals surface area contributed by atoms with E-state index in [0.717, 1.165) is 74.6 Å². The number of carbonyl (C=O) groups is 8. The molecule has 0 unspecified atom stereocenters. The molecule has 6 aromatic carbocycles. The number of sulfonamides is 1. The topological polar surface area (TPSA) is 564 Å². The number of amides is 8. The van der Waals surface area contributed by atoms with E-state index in [0.29, 0.717) is 18.4 Å². The largest absolute Gasteiger partial charge is 0.508 e. The summed E-state index contributed by atoms with van der Waals surface area (Å²) in [4.78, 5) is 125. The number of ether oxygens (including phenoxy) is 7. The Labute approximate surface area is 722 Å². The fourth-order valence-corrected chi connectivity index (χ4v) is 20.1. The number of hydrogen-bond acceptors (Lipinski definition) is 29. The highest BCUT2D eigenvalue weighted by molar-refractivity contribution is 7.90. The van der Waals surface area contributed by atoms with E-state index < -0.39 is 219 Å². The highest BCUT2D eigenvalue weighted by Crippen LogP contribution is 2.56. The molecule has 125 heavy (non-hydrogen) atoms. The maximum absolute atomic E-state index is 16.7. The molecule has 8 amide bonds. The Morgan fingerprint density at radius 2 is 1.35 bits per heavy atom. The van der Waals surface area contributed by atoms with Gasteiger partial charge in [-0.3, -0.25) is 38.4 Å². The lowest BCUT2D eigenvalue weighted by atomic mass is 9.54. The number of aromatic hydroxyl groups is 1. The molecule has 2 saturated heterocycles. The van der Waals surface area contributed by atoms with Crippen molar-refractivity contribution in [1.82, 2.24) is 52.6 Å². The summed E-state index contributed by atoms with van der Waals surface area (Å²) >= 11 is 7.21. The quantitative estimate of drug-likeness (QED) is 0.0375. The van der Waals surface area contributed by atoms with Gasteiger partial charge in [0, 0.05) is 35.7 Å². The molecular weight excluding hydrogens is 1670 g/mol. The molecule has 0 aromatic heterocycles. The van der Waals surface area contributed by atoms with E-state index in [4.69, 9.17) is 50.5 Å². The van der Waals surface area contributed by atoms with Crippen LogP contribution in [0.25, 0.3) is 11.1 Å². The van der Waals surface area contributed by atoms with Crippen molar-refractivity contribution >= 4 is 68.9 Å². The molecule has 7 heterocycles. The van der Waals surface area contributed by atoms with Gasteiger partial charge in [0.1, 0.15) is 96.4 Å². The molecule has 4 saturated carbocycles. The average molecular weight is 1770 g/mol. The lowest BCUT2D eigenvalue weighted by molar-refractivity contribution is -0.333. The molecule has 6 aromatic rings. The molecule has 6 fully saturated rings. The zero-order valence-electron chi connectivity index (χ0n) is 68.8. The number of phenolic OH excluding ortho intramolecular Hbond substituents is 1. The van der Waals surface area contributed by atoms with Crippen LogP contribution in [0.15, 0.2) is 114 Å². The smallest absolute Gasteiger partial charge is 0.264 e. The Morgan fingerprint density at radius 3 is 2.01 bits per heavy atom. The van der Waals surface area contributed by atoms with E-state index in [1.165, 1.54) is 87.6 Å². The van der Waals surface area contributed by atoms with Crippen molar-refractivity contribution in [3.05, 3.63) is 153 Å². The Kier molecular flexibility index (Phi) is 25.7. The second-order valence-electron chi connectivity index (χ2n) is 34.4. The summed E-state index contributed by atoms with van der Waals surface area (Å²) in [5.41, 5.74) is 3.03. The molecule has 18 rings (SSSR count). The third kappa shape index (κ3) is 18.3. The Bertz CT molecular complexity index is 5250. The molecule has 7 aliphatic heterocycles. The SMILES string of the molecule is CNCCOc1ccc(S(=O)(=O)NC(=O)C[C@@H]2NC(=O)[C@H](NC(=O)[C@@H](CC(C)C)NC)[C@H](O)c3ccc(c(Cl)c3)Oc3cc4cc(c3O[C@@H]3O[C@H](CO)[C@@H](O)[C@H](O)[C@H]3O[C@H]3C[C@](C)(N)[C@H](O)[C@H](C)O3)Oc3ccc(cc3)[C@@H](O)[C@@H]3NC(=O)[C@H](NC(=O)[C@@H]4NC2=O)c2ccc4c(c2)-c2c(cc(O)cc2C4(O)O)[C@@H](C(=O)NC2C4CC5CC(C4)CC2C5)NC3=O)cc1. The van der Waals surface area contributed by atoms with Crippen LogP contribution in [-0.4, -0.2) is 220 Å². The highest BCUT2D eigenvalue weighted by atomic mass is 35.5. The van der Waals surface area contributed by atoms with Crippen molar-refractivity contribution in [1.29, 1.82) is 0 Å². The van der Waals surface area contributed by atoms with Crippen LogP contribution in [0.3, 0.4) is 0 Å². The number of fused-ring (bicyclic) bond motifs is 12. The molecule has 37 nitrogen and oxygen atoms in total. The maximum atomic E-state index is 16.7. The molecule has 0 radical (unpaired) electrons. The summed E-state index contributed by atoms with van der Waals surface area (Å²) < 4.78 is 75.2. The molecule has 15 bridgehead atoms. The van der Waals surface area contributed by atoms with Crippen molar-refractivity contribution in [2.75, 3.05) is 33.9 Å². The van der Waals surface area contributed by atoms with E-state index in [2.05, 4.69) is 47.9 Å². The third-order valence-electron chi connectivity index (χ3n) is 25.0. The van der Waals surface area contributed by atoms with Crippen LogP contribution in [0.4, 0.5) is 0 Å². The van der Waals surface area contributed by atoms with Gasteiger partial charge in [-0.25, -0.2) is 13.1 Å². The predicted octanol–water partition coefficient (Wildman–Crippen LogP) is 1.02. The van der Waals surface area contributed by atoms with E-state index in [1.54, 1.807) is 7.05 Å². The van der Waals surface area contributed by atoms with Crippen LogP contribution in [0.5, 0.6) is 40.2 Å². The lowest BCUT2D eigenvalue weighted by Crippen LogP contribution is -2.64. The molecule has 39 heteroatoms. The van der Waals surface area contributed by atoms with Crippen molar-refractivity contribution in [2.24, 2.45) is 35.3 Å². The number of aliphatic hydroxyl groups is 8. The number of benzene rings is 6. The average Bonchev–Trinajstić information content (AvgIpc) is 1.57. The summed E-state index contributed by atoms with van der Waals surface area (Å²) in [6.45, 7) is 6.26. The summed E-state index contributed by atoms with van der Waals surface area (Å²) in [7, 11) is -1.76. The first-order valence-corrected chi connectivity index (χ1v) is 43.3. The standard InChI is InChI=1S/C86H102ClN11O26S/c1-36(2)21-55(90-6)77(107)96-69-71(103)42-10-18-57(54(87)28-42)121-59-30-45-29-58(74(59)124-84-75(73(105)72(104)60(35-99)122-84)123-62-34-85(4,88)76(106)37(3)119-62)120-48-11-7-40(8-12-48)70(102)68-83(113)95-67(81(111)92-64-43-23-38-22-39(25-43)26-44(64)24-38)51-31-46(100)32-53-63(51)50-27-41(9-17-52(50)86(53,114)115)65(79(109)97-68)94-80(110)66(45)93-78(108)56(91-82(69)112)33-61(101)98-125(116,117)49-15-13-47(14-16-49)118-20-19-89-5/h7-18,27-32,36-39,43-44,55-56,60,62,64-73,75-76,84,89-90,99-100,102-106,114-115H,19-26,33-35,88H2,1-6H3,(H,91,112)(H,92,111)(H,93,108)(H,94,110)(H,95,113)(H,96,107)(H,97,109)(H,98,101)/t37-,38?,39?,43?,44?,55+,56-,60+,62-,64?,65+,66+,67-,68-,69+,70+,71+,72+,73-,75+,76+,84-,85-/m0/s1. The number of phenols is 1. The van der Waals surface area contributed by atoms with Crippen molar-refractivity contribution in [2.45, 2.75) is 205 Å². The van der Waals surface area contributed by atoms with E-state index in [-0.39, 0.29) is 110 Å². The van der Waals surface area contributed by atoms with Crippen LogP contribution in [0.2, 0.25) is 5.02 Å². The highest BCUT2D eigenvalue weighted by Gasteiger charge is 2.54. The molecule has 5 aliphatic carbocycles. The van der Waals surface area contributed by atoms with Gasteiger partial charge in [0.25, 0.3) is 10.0 Å². The Hall–Kier alpha value is -10.2. The maximum Gasteiger partial charge on any atom is 0.264 e. The van der Waals surface area contributed by atoms with Crippen molar-refractivity contribution in [3.63, 3.8) is 0 Å². The summed E-state index contributed by atoms with van der Waals surface area (Å²) in [5, 5.41) is 132. The van der Waals surface area contributed by atoms with E-state index in [9.17, 15) is 64.0 Å². The van der Waals surface area contributed by atoms with Gasteiger partial charge in [0.05, 0.1) is 41.2 Å². The van der Waals surface area contributed by atoms with Crippen LogP contribution in [-0.2, 0) is 68.4 Å². The molecule has 670 valence electrons. The molecule has 18 atom stereocenters. The minimum atomic E-state index is -4.91. The van der Waals surface area contributed by atoms with Crippen LogP contribution in [0, 0.1) is 29.6 Å². The van der Waals surface area contributed by atoms with Gasteiger partial charge in [-0.2, -0.15) is 0 Å². The number of carbonyl (C=O) groups excluding carboxylic acids is 8. The van der Waals surface area contributed by atoms with Gasteiger partial charge < -0.3 is 133 Å². The Balaban J connectivity index is 0.918. The summed E-state index contributed by atoms with van der Waals surface area (Å²) in [6, 6.07) is 6.76. The van der Waals surface area contributed by atoms with Gasteiger partial charge in [0.2, 0.25) is 65.1 Å². The second kappa shape index (κ2) is 35.9. The van der Waals surface area contributed by atoms with E-state index >= 15 is 28.8 Å².